The van der Waals surface area contributed by atoms with Gasteiger partial charge in [-0.3, -0.25) is 4.99 Å². The van der Waals surface area contributed by atoms with Gasteiger partial charge in [0, 0.05) is 24.3 Å². The largest absolute Gasteiger partial charge is 0.396 e. The second-order valence-electron chi connectivity index (χ2n) is 6.45. The monoisotopic (exact) mass is 365 g/mol. The lowest BCUT2D eigenvalue weighted by atomic mass is 9.79. The molecule has 2 rings (SSSR count). The third-order valence-electron chi connectivity index (χ3n) is 4.67. The van der Waals surface area contributed by atoms with Crippen molar-refractivity contribution < 1.29 is 10.2 Å². The molecule has 0 radical (unpaired) electrons. The summed E-state index contributed by atoms with van der Waals surface area (Å²) in [6, 6.07) is 9.98. The molecular formula is C19H31N3O2S. The maximum absolute atomic E-state index is 10.7. The smallest absolute Gasteiger partial charge is 0.191 e. The molecule has 140 valence electrons. The highest BCUT2D eigenvalue weighted by atomic mass is 32.2. The molecule has 1 aromatic rings. The van der Waals surface area contributed by atoms with Crippen molar-refractivity contribution in [1.29, 1.82) is 0 Å². The molecule has 4 N–H and O–H groups in total. The van der Waals surface area contributed by atoms with Gasteiger partial charge in [-0.1, -0.05) is 37.3 Å². The maximum Gasteiger partial charge on any atom is 0.191 e. The minimum atomic E-state index is -0.682. The topological polar surface area (TPSA) is 76.9 Å². The van der Waals surface area contributed by atoms with Crippen LogP contribution in [0.2, 0.25) is 0 Å². The van der Waals surface area contributed by atoms with Crippen LogP contribution in [0.25, 0.3) is 0 Å². The predicted molar refractivity (Wildman–Crippen MR) is 106 cm³/mol. The number of benzene rings is 1. The second kappa shape index (κ2) is 10.0. The number of guanidine groups is 1. The van der Waals surface area contributed by atoms with E-state index in [1.54, 1.807) is 0 Å². The summed E-state index contributed by atoms with van der Waals surface area (Å²) in [5, 5.41) is 27.2. The highest BCUT2D eigenvalue weighted by molar-refractivity contribution is 8.00. The van der Waals surface area contributed by atoms with Gasteiger partial charge in [-0.05, 0) is 31.1 Å². The predicted octanol–water partition coefficient (Wildman–Crippen LogP) is 1.96. The van der Waals surface area contributed by atoms with Crippen molar-refractivity contribution in [2.75, 3.05) is 32.0 Å². The van der Waals surface area contributed by atoms with Gasteiger partial charge in [-0.2, -0.15) is 11.8 Å². The fourth-order valence-corrected chi connectivity index (χ4v) is 4.20. The van der Waals surface area contributed by atoms with Crippen molar-refractivity contribution in [2.24, 2.45) is 4.99 Å². The quantitative estimate of drug-likeness (QED) is 0.398. The van der Waals surface area contributed by atoms with Gasteiger partial charge in [0.05, 0.1) is 18.8 Å². The van der Waals surface area contributed by atoms with Crippen molar-refractivity contribution in [3.63, 3.8) is 0 Å². The zero-order valence-corrected chi connectivity index (χ0v) is 16.1. The Morgan fingerprint density at radius 3 is 2.64 bits per heavy atom. The molecule has 0 saturated heterocycles. The van der Waals surface area contributed by atoms with Gasteiger partial charge in [-0.25, -0.2) is 0 Å². The van der Waals surface area contributed by atoms with E-state index in [0.717, 1.165) is 30.7 Å². The average molecular weight is 366 g/mol. The van der Waals surface area contributed by atoms with Gasteiger partial charge in [0.25, 0.3) is 0 Å². The number of rotatable bonds is 9. The number of hydrogen-bond acceptors (Lipinski definition) is 4. The zero-order valence-electron chi connectivity index (χ0n) is 15.2. The third kappa shape index (κ3) is 5.62. The molecule has 5 nitrogen and oxygen atoms in total. The van der Waals surface area contributed by atoms with Crippen LogP contribution in [0, 0.1) is 0 Å². The first-order valence-electron chi connectivity index (χ1n) is 9.15. The third-order valence-corrected chi connectivity index (χ3v) is 6.08. The van der Waals surface area contributed by atoms with Gasteiger partial charge in [0.15, 0.2) is 5.96 Å². The van der Waals surface area contributed by atoms with Crippen LogP contribution in [0.1, 0.15) is 38.2 Å². The van der Waals surface area contributed by atoms with Gasteiger partial charge >= 0.3 is 0 Å². The number of thioether (sulfide) groups is 1. The van der Waals surface area contributed by atoms with Crippen LogP contribution in [0.4, 0.5) is 0 Å². The normalized spacial score (nSPS) is 24.5. The first-order chi connectivity index (χ1) is 12.1. The summed E-state index contributed by atoms with van der Waals surface area (Å²) in [6.45, 7) is 5.98. The summed E-state index contributed by atoms with van der Waals surface area (Å²) < 4.78 is 0. The molecule has 1 aliphatic carbocycles. The Labute approximate surface area is 155 Å². The molecule has 1 fully saturated rings. The number of hydrogen-bond donors (Lipinski definition) is 4. The van der Waals surface area contributed by atoms with Gasteiger partial charge in [0.1, 0.15) is 0 Å². The standard InChI is InChI=1S/C19H31N3O2S/c1-3-20-18(22-14-19(24)11-10-17(19)25-4-2)21-12-16(13-23)15-8-6-5-7-9-15/h5-9,16-17,23-24H,3-4,10-14H2,1-2H3,(H2,20,21,22). The van der Waals surface area contributed by atoms with Gasteiger partial charge in [0.2, 0.25) is 0 Å². The molecule has 1 aromatic carbocycles. The van der Waals surface area contributed by atoms with Crippen LogP contribution in [-0.4, -0.2) is 59.0 Å². The first-order valence-corrected chi connectivity index (χ1v) is 10.2. The number of aliphatic hydroxyl groups excluding tert-OH is 1. The van der Waals surface area contributed by atoms with E-state index >= 15 is 0 Å². The van der Waals surface area contributed by atoms with Crippen molar-refractivity contribution in [1.82, 2.24) is 10.6 Å². The number of nitrogens with one attached hydrogen (secondary N) is 2. The first kappa shape index (κ1) is 20.1. The highest BCUT2D eigenvalue weighted by Gasteiger charge is 2.45. The Morgan fingerprint density at radius 2 is 2.08 bits per heavy atom. The molecule has 0 amide bonds. The van der Waals surface area contributed by atoms with Crippen molar-refractivity contribution in [2.45, 2.75) is 43.5 Å². The van der Waals surface area contributed by atoms with E-state index < -0.39 is 5.60 Å². The highest BCUT2D eigenvalue weighted by Crippen LogP contribution is 2.41. The summed E-state index contributed by atoms with van der Waals surface area (Å²) in [7, 11) is 0. The molecule has 0 aliphatic heterocycles. The molecule has 3 atom stereocenters. The van der Waals surface area contributed by atoms with Crippen molar-refractivity contribution in [3.8, 4) is 0 Å². The Kier molecular flexibility index (Phi) is 8.06. The van der Waals surface area contributed by atoms with E-state index in [9.17, 15) is 10.2 Å². The summed E-state index contributed by atoms with van der Waals surface area (Å²) in [6.07, 6.45) is 1.88. The lowest BCUT2D eigenvalue weighted by Crippen LogP contribution is -2.53. The molecule has 1 aliphatic rings. The fraction of sp³-hybridized carbons (Fsp3) is 0.632. The van der Waals surface area contributed by atoms with Crippen LogP contribution in [-0.2, 0) is 0 Å². The van der Waals surface area contributed by atoms with Crippen molar-refractivity contribution >= 4 is 17.7 Å². The van der Waals surface area contributed by atoms with Crippen LogP contribution >= 0.6 is 11.8 Å². The number of aliphatic imine (C=N–C) groups is 1. The molecular weight excluding hydrogens is 334 g/mol. The number of nitrogens with zero attached hydrogens (tertiary/aromatic N) is 1. The Balaban J connectivity index is 1.93. The number of aliphatic hydroxyl groups is 2. The van der Waals surface area contributed by atoms with Crippen LogP contribution in [0.5, 0.6) is 0 Å². The second-order valence-corrected chi connectivity index (χ2v) is 7.93. The van der Waals surface area contributed by atoms with Crippen LogP contribution in [0.3, 0.4) is 0 Å². The SMILES string of the molecule is CCNC(=NCC1(O)CCC1SCC)NCC(CO)c1ccccc1. The summed E-state index contributed by atoms with van der Waals surface area (Å²) >= 11 is 1.82. The van der Waals surface area contributed by atoms with Gasteiger partial charge in [-0.15, -0.1) is 0 Å². The van der Waals surface area contributed by atoms with E-state index in [4.69, 9.17) is 0 Å². The van der Waals surface area contributed by atoms with E-state index in [1.165, 1.54) is 0 Å². The zero-order chi connectivity index (χ0) is 18.1. The average Bonchev–Trinajstić information content (AvgIpc) is 2.64. The summed E-state index contributed by atoms with van der Waals surface area (Å²) in [5.74, 6) is 1.72. The molecule has 6 heteroatoms. The lowest BCUT2D eigenvalue weighted by Gasteiger charge is -2.44. The minimum absolute atomic E-state index is 0.0141. The van der Waals surface area contributed by atoms with E-state index in [-0.39, 0.29) is 12.5 Å². The van der Waals surface area contributed by atoms with Crippen LogP contribution in [0.15, 0.2) is 35.3 Å². The summed E-state index contributed by atoms with van der Waals surface area (Å²) in [5.41, 5.74) is 0.420. The lowest BCUT2D eigenvalue weighted by molar-refractivity contribution is -0.0154. The minimum Gasteiger partial charge on any atom is -0.396 e. The molecule has 0 heterocycles. The van der Waals surface area contributed by atoms with Crippen molar-refractivity contribution in [3.05, 3.63) is 35.9 Å². The molecule has 0 aromatic heterocycles. The summed E-state index contributed by atoms with van der Waals surface area (Å²) in [4.78, 5) is 4.59. The van der Waals surface area contributed by atoms with Gasteiger partial charge < -0.3 is 20.8 Å². The van der Waals surface area contributed by atoms with E-state index in [2.05, 4.69) is 22.5 Å². The molecule has 0 bridgehead atoms. The molecule has 25 heavy (non-hydrogen) atoms. The fourth-order valence-electron chi connectivity index (χ4n) is 3.01. The van der Waals surface area contributed by atoms with E-state index in [1.807, 2.05) is 49.0 Å². The maximum atomic E-state index is 10.7. The molecule has 0 spiro atoms. The van der Waals surface area contributed by atoms with Crippen LogP contribution < -0.4 is 10.6 Å². The molecule has 3 unspecified atom stereocenters. The Morgan fingerprint density at radius 1 is 1.32 bits per heavy atom. The Bertz CT molecular complexity index is 541. The Hall–Kier alpha value is -1.24. The molecule has 1 saturated carbocycles. The van der Waals surface area contributed by atoms with E-state index in [0.29, 0.717) is 24.3 Å².